The first-order valence-corrected chi connectivity index (χ1v) is 2.27. The molecule has 0 spiro atoms. The molecule has 10 heavy (non-hydrogen) atoms. The molecule has 0 rings (SSSR count). The minimum atomic E-state index is -0.960. The Bertz CT molecular complexity index is 187. The number of primary amides is 1. The molecule has 0 aromatic carbocycles. The van der Waals surface area contributed by atoms with Crippen molar-refractivity contribution in [2.24, 2.45) is 10.8 Å². The van der Waals surface area contributed by atoms with Crippen LogP contribution >= 0.6 is 0 Å². The Morgan fingerprint density at radius 1 is 1.70 bits per heavy atom. The number of carbonyl (C=O) groups excluding carboxylic acids is 2. The maximum atomic E-state index is 10.3. The number of nitrogens with one attached hydrogen (secondary N) is 1. The van der Waals surface area contributed by atoms with Gasteiger partial charge in [0.1, 0.15) is 6.54 Å². The summed E-state index contributed by atoms with van der Waals surface area (Å²) in [5.41, 5.74) is 12.3. The largest absolute Gasteiger partial charge is 0.351 e. The second-order valence-electron chi connectivity index (χ2n) is 1.30. The first-order chi connectivity index (χ1) is 4.66. The van der Waals surface area contributed by atoms with Crippen molar-refractivity contribution in [3.05, 3.63) is 10.4 Å². The van der Waals surface area contributed by atoms with Crippen LogP contribution in [0.3, 0.4) is 0 Å². The van der Waals surface area contributed by atoms with Crippen molar-refractivity contribution >= 4 is 11.9 Å². The lowest BCUT2D eigenvalue weighted by molar-refractivity contribution is -0.118. The van der Waals surface area contributed by atoms with Crippen LogP contribution < -0.4 is 11.1 Å². The Balaban J connectivity index is 3.64. The molecule has 0 aromatic heterocycles. The summed E-state index contributed by atoms with van der Waals surface area (Å²) >= 11 is 0. The number of rotatable bonds is 2. The smallest absolute Gasteiger partial charge is 0.318 e. The van der Waals surface area contributed by atoms with Crippen molar-refractivity contribution in [1.82, 2.24) is 5.32 Å². The third kappa shape index (κ3) is 4.41. The van der Waals surface area contributed by atoms with E-state index in [2.05, 4.69) is 15.8 Å². The Morgan fingerprint density at radius 2 is 2.30 bits per heavy atom. The highest BCUT2D eigenvalue weighted by atomic mass is 16.2. The minimum Gasteiger partial charge on any atom is -0.351 e. The summed E-state index contributed by atoms with van der Waals surface area (Å²) in [7, 11) is 0. The van der Waals surface area contributed by atoms with Crippen LogP contribution in [-0.4, -0.2) is 18.5 Å². The van der Waals surface area contributed by atoms with Crippen LogP contribution in [0.25, 0.3) is 10.4 Å². The van der Waals surface area contributed by atoms with Crippen molar-refractivity contribution in [1.29, 1.82) is 0 Å². The maximum Gasteiger partial charge on any atom is 0.318 e. The van der Waals surface area contributed by atoms with E-state index < -0.39 is 18.5 Å². The monoisotopic (exact) mass is 143 g/mol. The molecular weight excluding hydrogens is 138 g/mol. The minimum absolute atomic E-state index is 0.417. The average molecular weight is 143 g/mol. The summed E-state index contributed by atoms with van der Waals surface area (Å²) < 4.78 is 0. The van der Waals surface area contributed by atoms with Gasteiger partial charge in [0.2, 0.25) is 5.91 Å². The van der Waals surface area contributed by atoms with Gasteiger partial charge >= 0.3 is 6.03 Å². The number of nitrogens with two attached hydrogens (primary N) is 1. The predicted molar refractivity (Wildman–Crippen MR) is 31.7 cm³/mol. The molecule has 0 aliphatic rings. The zero-order valence-corrected chi connectivity index (χ0v) is 4.94. The maximum absolute atomic E-state index is 10.3. The molecule has 0 saturated carbocycles. The van der Waals surface area contributed by atoms with Gasteiger partial charge in [-0.15, -0.1) is 0 Å². The molecule has 0 bridgehead atoms. The molecule has 0 aliphatic carbocycles. The topological polar surface area (TPSA) is 121 Å². The van der Waals surface area contributed by atoms with Crippen LogP contribution in [0.5, 0.6) is 0 Å². The molecule has 0 aliphatic heterocycles. The highest BCUT2D eigenvalue weighted by Gasteiger charge is 1.99. The zero-order valence-electron chi connectivity index (χ0n) is 4.94. The van der Waals surface area contributed by atoms with Crippen molar-refractivity contribution in [2.45, 2.75) is 0 Å². The van der Waals surface area contributed by atoms with E-state index in [9.17, 15) is 9.59 Å². The molecule has 3 N–H and O–H groups in total. The molecule has 0 atom stereocenters. The summed E-state index contributed by atoms with van der Waals surface area (Å²) in [6, 6.07) is -0.960. The molecule has 0 fully saturated rings. The van der Waals surface area contributed by atoms with Crippen molar-refractivity contribution in [3.63, 3.8) is 0 Å². The number of hydrogen-bond donors (Lipinski definition) is 2. The van der Waals surface area contributed by atoms with Crippen LogP contribution in [0.15, 0.2) is 5.11 Å². The molecule has 0 heterocycles. The van der Waals surface area contributed by atoms with E-state index in [0.29, 0.717) is 0 Å². The number of hydrogen-bond acceptors (Lipinski definition) is 3. The molecular formula is C3H5N5O2. The summed E-state index contributed by atoms with van der Waals surface area (Å²) in [4.78, 5) is 22.6. The van der Waals surface area contributed by atoms with E-state index >= 15 is 0 Å². The van der Waals surface area contributed by atoms with E-state index in [1.807, 2.05) is 0 Å². The Labute approximate surface area is 55.8 Å². The second kappa shape index (κ2) is 4.16. The standard InChI is InChI=1S/C3H5N5O2/c4-3(10)7-2(9)1-6-8-5/h1H2,(H3,4,7,9,10). The predicted octanol–water partition coefficient (Wildman–Crippen LogP) is -0.508. The van der Waals surface area contributed by atoms with Gasteiger partial charge in [0.25, 0.3) is 0 Å². The van der Waals surface area contributed by atoms with Crippen molar-refractivity contribution < 1.29 is 9.59 Å². The van der Waals surface area contributed by atoms with Gasteiger partial charge in [0.15, 0.2) is 0 Å². The highest BCUT2D eigenvalue weighted by molar-refractivity contribution is 5.94. The van der Waals surface area contributed by atoms with Gasteiger partial charge in [-0.05, 0) is 5.53 Å². The first kappa shape index (κ1) is 8.25. The summed E-state index contributed by atoms with van der Waals surface area (Å²) in [6.07, 6.45) is 0. The van der Waals surface area contributed by atoms with Gasteiger partial charge in [-0.1, -0.05) is 5.11 Å². The van der Waals surface area contributed by atoms with E-state index in [1.165, 1.54) is 0 Å². The lowest BCUT2D eigenvalue weighted by Crippen LogP contribution is -2.36. The van der Waals surface area contributed by atoms with Crippen molar-refractivity contribution in [3.8, 4) is 0 Å². The Hall–Kier alpha value is -1.75. The van der Waals surface area contributed by atoms with E-state index in [0.717, 1.165) is 0 Å². The quantitative estimate of drug-likeness (QED) is 0.307. The van der Waals surface area contributed by atoms with Gasteiger partial charge in [-0.2, -0.15) is 0 Å². The number of urea groups is 1. The lowest BCUT2D eigenvalue weighted by atomic mass is 10.6. The second-order valence-corrected chi connectivity index (χ2v) is 1.30. The summed E-state index contributed by atoms with van der Waals surface area (Å²) in [6.45, 7) is -0.417. The van der Waals surface area contributed by atoms with Gasteiger partial charge < -0.3 is 5.73 Å². The summed E-state index contributed by atoms with van der Waals surface area (Å²) in [5.74, 6) is -0.717. The molecule has 0 aromatic rings. The first-order valence-electron chi connectivity index (χ1n) is 2.27. The number of nitrogens with zero attached hydrogens (tertiary/aromatic N) is 3. The van der Waals surface area contributed by atoms with Crippen LogP contribution in [0.2, 0.25) is 0 Å². The molecule has 54 valence electrons. The fourth-order valence-corrected chi connectivity index (χ4v) is 0.273. The van der Waals surface area contributed by atoms with Crippen LogP contribution in [0, 0.1) is 0 Å². The van der Waals surface area contributed by atoms with Crippen molar-refractivity contribution in [2.75, 3.05) is 6.54 Å². The van der Waals surface area contributed by atoms with Crippen LogP contribution in [-0.2, 0) is 4.79 Å². The fourth-order valence-electron chi connectivity index (χ4n) is 0.273. The molecule has 7 nitrogen and oxygen atoms in total. The molecule has 0 unspecified atom stereocenters. The number of carbonyl (C=O) groups is 2. The van der Waals surface area contributed by atoms with E-state index in [-0.39, 0.29) is 0 Å². The third-order valence-corrected chi connectivity index (χ3v) is 0.540. The van der Waals surface area contributed by atoms with E-state index in [4.69, 9.17) is 5.53 Å². The molecule has 0 radical (unpaired) electrons. The van der Waals surface area contributed by atoms with Gasteiger partial charge in [0, 0.05) is 4.91 Å². The number of amides is 3. The van der Waals surface area contributed by atoms with E-state index in [1.54, 1.807) is 5.32 Å². The zero-order chi connectivity index (χ0) is 7.98. The number of azide groups is 1. The van der Waals surface area contributed by atoms with Gasteiger partial charge in [-0.25, -0.2) is 4.79 Å². The Kier molecular flexibility index (Phi) is 3.43. The number of imide groups is 1. The molecule has 0 saturated heterocycles. The lowest BCUT2D eigenvalue weighted by Gasteiger charge is -1.92. The fraction of sp³-hybridized carbons (Fsp3) is 0.333. The SMILES string of the molecule is [N-]=[N+]=NCC(=O)NC(N)=O. The van der Waals surface area contributed by atoms with Gasteiger partial charge in [-0.3, -0.25) is 10.1 Å². The van der Waals surface area contributed by atoms with Gasteiger partial charge in [0.05, 0.1) is 0 Å². The van der Waals surface area contributed by atoms with Crippen LogP contribution in [0.1, 0.15) is 0 Å². The normalized spacial score (nSPS) is 7.60. The average Bonchev–Trinajstić information content (AvgIpc) is 1.82. The molecule has 3 amide bonds. The Morgan fingerprint density at radius 3 is 2.70 bits per heavy atom. The van der Waals surface area contributed by atoms with Crippen LogP contribution in [0.4, 0.5) is 4.79 Å². The third-order valence-electron chi connectivity index (χ3n) is 0.540. The highest BCUT2D eigenvalue weighted by Crippen LogP contribution is 1.70. The summed E-state index contributed by atoms with van der Waals surface area (Å²) in [5, 5.41) is 4.60. The molecule has 7 heteroatoms.